The smallest absolute Gasteiger partial charge is 0.158 e. The topological polar surface area (TPSA) is 56.6 Å². The first-order valence-corrected chi connectivity index (χ1v) is 10.0. The first kappa shape index (κ1) is 16.8. The lowest BCUT2D eigenvalue weighted by Gasteiger charge is -2.36. The van der Waals surface area contributed by atoms with Crippen LogP contribution in [0.4, 0.5) is 0 Å². The van der Waals surface area contributed by atoms with Crippen molar-refractivity contribution in [3.05, 3.63) is 0 Å². The van der Waals surface area contributed by atoms with Gasteiger partial charge in [-0.3, -0.25) is 5.41 Å². The zero-order valence-corrected chi connectivity index (χ0v) is 14.5. The molecule has 116 valence electrons. The van der Waals surface area contributed by atoms with Gasteiger partial charge in [0.15, 0.2) is 5.17 Å². The van der Waals surface area contributed by atoms with Crippen LogP contribution < -0.4 is 0 Å². The zero-order valence-electron chi connectivity index (χ0n) is 12.1. The third kappa shape index (κ3) is 4.73. The monoisotopic (exact) mass is 336 g/mol. The molecule has 20 heavy (non-hydrogen) atoms. The minimum absolute atomic E-state index is 0.0110. The van der Waals surface area contributed by atoms with Crippen molar-refractivity contribution in [2.45, 2.75) is 47.9 Å². The molecule has 0 amide bonds. The van der Waals surface area contributed by atoms with Crippen LogP contribution in [-0.4, -0.2) is 63.0 Å². The second-order valence-electron chi connectivity index (χ2n) is 5.31. The van der Waals surface area contributed by atoms with Gasteiger partial charge in [0.05, 0.1) is 10.7 Å². The maximum atomic E-state index is 10.5. The van der Waals surface area contributed by atoms with Crippen molar-refractivity contribution in [3.63, 3.8) is 0 Å². The highest BCUT2D eigenvalue weighted by atomic mass is 32.2. The Labute approximate surface area is 134 Å². The summed E-state index contributed by atoms with van der Waals surface area (Å²) in [6.07, 6.45) is 3.76. The number of rotatable bonds is 3. The fourth-order valence-corrected chi connectivity index (χ4v) is 6.18. The van der Waals surface area contributed by atoms with Crippen LogP contribution in [0.3, 0.4) is 0 Å². The molecule has 3 atom stereocenters. The van der Waals surface area contributed by atoms with Crippen LogP contribution in [0, 0.1) is 5.41 Å². The third-order valence-corrected chi connectivity index (χ3v) is 7.70. The third-order valence-electron chi connectivity index (χ3n) is 3.42. The molecular formula is C13H24N2O2S3. The summed E-state index contributed by atoms with van der Waals surface area (Å²) in [6.45, 7) is 0. The molecule has 4 nitrogen and oxygen atoms in total. The fraction of sp³-hybridized carbons (Fsp3) is 0.923. The van der Waals surface area contributed by atoms with E-state index in [-0.39, 0.29) is 22.2 Å². The second-order valence-corrected chi connectivity index (χ2v) is 9.25. The van der Waals surface area contributed by atoms with Crippen molar-refractivity contribution in [2.24, 2.45) is 0 Å². The molecule has 7 heteroatoms. The van der Waals surface area contributed by atoms with Gasteiger partial charge in [0, 0.05) is 14.1 Å². The lowest BCUT2D eigenvalue weighted by Crippen LogP contribution is -2.41. The SMILES string of the molecule is CN(C)C(=N)S[C@@H]1CCC[C@@H](C(O)C2SCCCS2)O1. The van der Waals surface area contributed by atoms with E-state index in [1.54, 1.807) is 4.90 Å². The summed E-state index contributed by atoms with van der Waals surface area (Å²) >= 11 is 5.18. The summed E-state index contributed by atoms with van der Waals surface area (Å²) in [6, 6.07) is 0. The Hall–Kier alpha value is 0.440. The van der Waals surface area contributed by atoms with Crippen molar-refractivity contribution in [2.75, 3.05) is 25.6 Å². The van der Waals surface area contributed by atoms with Crippen LogP contribution in [0.1, 0.15) is 25.7 Å². The van der Waals surface area contributed by atoms with E-state index in [4.69, 9.17) is 10.1 Å². The molecule has 0 aromatic carbocycles. The fourth-order valence-electron chi connectivity index (χ4n) is 2.26. The van der Waals surface area contributed by atoms with Crippen molar-refractivity contribution < 1.29 is 9.84 Å². The maximum Gasteiger partial charge on any atom is 0.158 e. The van der Waals surface area contributed by atoms with E-state index in [0.717, 1.165) is 30.8 Å². The van der Waals surface area contributed by atoms with Crippen molar-refractivity contribution >= 4 is 40.5 Å². The molecule has 0 aromatic heterocycles. The molecule has 0 radical (unpaired) electrons. The van der Waals surface area contributed by atoms with Gasteiger partial charge >= 0.3 is 0 Å². The number of hydrogen-bond acceptors (Lipinski definition) is 6. The predicted octanol–water partition coefficient (Wildman–Crippen LogP) is 2.67. The Kier molecular flexibility index (Phi) is 6.87. The Morgan fingerprint density at radius 3 is 2.65 bits per heavy atom. The van der Waals surface area contributed by atoms with Crippen LogP contribution in [0.25, 0.3) is 0 Å². The van der Waals surface area contributed by atoms with Crippen LogP contribution in [0.5, 0.6) is 0 Å². The van der Waals surface area contributed by atoms with E-state index in [9.17, 15) is 5.11 Å². The number of hydrogen-bond donors (Lipinski definition) is 2. The van der Waals surface area contributed by atoms with Crippen LogP contribution in [0.15, 0.2) is 0 Å². The zero-order chi connectivity index (χ0) is 14.5. The van der Waals surface area contributed by atoms with E-state index >= 15 is 0 Å². The van der Waals surface area contributed by atoms with Gasteiger partial charge in [0.1, 0.15) is 11.5 Å². The molecule has 2 rings (SSSR count). The highest BCUT2D eigenvalue weighted by Crippen LogP contribution is 2.38. The summed E-state index contributed by atoms with van der Waals surface area (Å²) in [4.78, 5) is 1.79. The van der Waals surface area contributed by atoms with Crippen molar-refractivity contribution in [1.29, 1.82) is 5.41 Å². The second kappa shape index (κ2) is 8.17. The van der Waals surface area contributed by atoms with E-state index in [1.807, 2.05) is 37.6 Å². The number of nitrogens with one attached hydrogen (secondary N) is 1. The first-order chi connectivity index (χ1) is 9.58. The average molecular weight is 337 g/mol. The molecule has 0 saturated carbocycles. The number of aliphatic hydroxyl groups is 1. The standard InChI is InChI=1S/C13H24N2O2S3/c1-15(2)13(14)20-10-6-3-5-9(17-10)11(16)12-18-7-4-8-19-12/h9-12,14,16H,3-8H2,1-2H3/t9-,10+,11?/m0/s1. The molecule has 2 N–H and O–H groups in total. The Balaban J connectivity index is 1.84. The van der Waals surface area contributed by atoms with Gasteiger partial charge in [0.2, 0.25) is 0 Å². The van der Waals surface area contributed by atoms with Gasteiger partial charge in [-0.15, -0.1) is 23.5 Å². The number of thioether (sulfide) groups is 3. The Bertz CT molecular complexity index is 325. The largest absolute Gasteiger partial charge is 0.388 e. The molecule has 2 saturated heterocycles. The molecule has 0 aromatic rings. The number of nitrogens with zero attached hydrogens (tertiary/aromatic N) is 1. The molecule has 2 fully saturated rings. The van der Waals surface area contributed by atoms with Gasteiger partial charge in [-0.05, 0) is 37.2 Å². The highest BCUT2D eigenvalue weighted by Gasteiger charge is 2.35. The summed E-state index contributed by atoms with van der Waals surface area (Å²) < 4.78 is 6.30. The molecule has 1 unspecified atom stereocenters. The highest BCUT2D eigenvalue weighted by molar-refractivity contribution is 8.17. The molecule has 2 aliphatic heterocycles. The van der Waals surface area contributed by atoms with Crippen molar-refractivity contribution in [1.82, 2.24) is 4.90 Å². The summed E-state index contributed by atoms with van der Waals surface area (Å²) in [5, 5.41) is 18.9. The molecule has 0 spiro atoms. The quantitative estimate of drug-likeness (QED) is 0.610. The van der Waals surface area contributed by atoms with Gasteiger partial charge in [0.25, 0.3) is 0 Å². The summed E-state index contributed by atoms with van der Waals surface area (Å²) in [5.74, 6) is 2.29. The number of amidine groups is 1. The van der Waals surface area contributed by atoms with Crippen LogP contribution in [-0.2, 0) is 4.74 Å². The van der Waals surface area contributed by atoms with Crippen molar-refractivity contribution in [3.8, 4) is 0 Å². The van der Waals surface area contributed by atoms with E-state index in [1.165, 1.54) is 18.2 Å². The molecule has 2 aliphatic rings. The number of aliphatic hydroxyl groups excluding tert-OH is 1. The van der Waals surface area contributed by atoms with Gasteiger partial charge in [-0.2, -0.15) is 0 Å². The molecule has 0 bridgehead atoms. The van der Waals surface area contributed by atoms with Gasteiger partial charge in [-0.1, -0.05) is 11.8 Å². The van der Waals surface area contributed by atoms with E-state index < -0.39 is 0 Å². The van der Waals surface area contributed by atoms with Gasteiger partial charge < -0.3 is 14.7 Å². The number of ether oxygens (including phenoxy) is 1. The molecule has 0 aliphatic carbocycles. The minimum Gasteiger partial charge on any atom is -0.388 e. The first-order valence-electron chi connectivity index (χ1n) is 7.07. The maximum absolute atomic E-state index is 10.5. The average Bonchev–Trinajstić information content (AvgIpc) is 2.47. The molecular weight excluding hydrogens is 312 g/mol. The van der Waals surface area contributed by atoms with Crippen LogP contribution >= 0.6 is 35.3 Å². The molecule has 2 heterocycles. The minimum atomic E-state index is -0.387. The Morgan fingerprint density at radius 2 is 2.00 bits per heavy atom. The Morgan fingerprint density at radius 1 is 1.30 bits per heavy atom. The van der Waals surface area contributed by atoms with E-state index in [2.05, 4.69) is 0 Å². The van der Waals surface area contributed by atoms with E-state index in [0.29, 0.717) is 5.17 Å². The van der Waals surface area contributed by atoms with Gasteiger partial charge in [-0.25, -0.2) is 0 Å². The normalized spacial score (nSPS) is 29.9. The predicted molar refractivity (Wildman–Crippen MR) is 90.8 cm³/mol. The lowest BCUT2D eigenvalue weighted by atomic mass is 10.1. The summed E-state index contributed by atoms with van der Waals surface area (Å²) in [5.41, 5.74) is 0.0110. The van der Waals surface area contributed by atoms with Crippen LogP contribution in [0.2, 0.25) is 0 Å². The summed E-state index contributed by atoms with van der Waals surface area (Å²) in [7, 11) is 3.75. The lowest BCUT2D eigenvalue weighted by molar-refractivity contribution is -0.0682.